The van der Waals surface area contributed by atoms with Crippen molar-refractivity contribution >= 4 is 17.8 Å². The molecular weight excluding hydrogens is 318 g/mol. The molecule has 4 rings (SSSR count). The molecule has 7 heteroatoms. The van der Waals surface area contributed by atoms with Crippen molar-refractivity contribution in [3.8, 4) is 0 Å². The van der Waals surface area contributed by atoms with Gasteiger partial charge in [-0.2, -0.15) is 0 Å². The van der Waals surface area contributed by atoms with Crippen LogP contribution in [-0.2, 0) is 4.79 Å². The lowest BCUT2D eigenvalue weighted by atomic mass is 9.82. The Morgan fingerprint density at radius 2 is 1.88 bits per heavy atom. The molecule has 1 saturated carbocycles. The zero-order valence-electron chi connectivity index (χ0n) is 14.6. The molecule has 0 unspecified atom stereocenters. The quantitative estimate of drug-likeness (QED) is 0.720. The van der Waals surface area contributed by atoms with E-state index >= 15 is 0 Å². The number of carbonyl (C=O) groups excluding carboxylic acids is 2. The number of anilines is 1. The van der Waals surface area contributed by atoms with E-state index in [9.17, 15) is 9.59 Å². The minimum Gasteiger partial charge on any atom is -0.323 e. The molecule has 1 aromatic heterocycles. The summed E-state index contributed by atoms with van der Waals surface area (Å²) in [6, 6.07) is 5.89. The summed E-state index contributed by atoms with van der Waals surface area (Å²) in [6.45, 7) is 4.17. The number of carbonyl (C=O) groups is 2. The van der Waals surface area contributed by atoms with Gasteiger partial charge in [-0.15, -0.1) is 0 Å². The van der Waals surface area contributed by atoms with Crippen molar-refractivity contribution in [2.24, 2.45) is 0 Å². The number of aromatic amines is 1. The van der Waals surface area contributed by atoms with Gasteiger partial charge in [-0.3, -0.25) is 9.69 Å². The van der Waals surface area contributed by atoms with E-state index in [0.29, 0.717) is 6.67 Å². The second kappa shape index (κ2) is 6.63. The Balaban J connectivity index is 1.35. The highest BCUT2D eigenvalue weighted by molar-refractivity contribution is 6.06. The van der Waals surface area contributed by atoms with E-state index < -0.39 is 5.54 Å². The number of amides is 3. The minimum absolute atomic E-state index is 0.00326. The summed E-state index contributed by atoms with van der Waals surface area (Å²) < 4.78 is 0. The van der Waals surface area contributed by atoms with Crippen LogP contribution in [0.5, 0.6) is 0 Å². The van der Waals surface area contributed by atoms with Crippen molar-refractivity contribution in [2.45, 2.75) is 37.6 Å². The Hall–Kier alpha value is -2.15. The van der Waals surface area contributed by atoms with Crippen LogP contribution in [-0.4, -0.2) is 55.2 Å². The Morgan fingerprint density at radius 3 is 2.56 bits per heavy atom. The monoisotopic (exact) mass is 345 g/mol. The summed E-state index contributed by atoms with van der Waals surface area (Å²) in [4.78, 5) is 33.6. The highest BCUT2D eigenvalue weighted by Gasteiger charge is 2.52. The van der Waals surface area contributed by atoms with Crippen LogP contribution in [0.2, 0.25) is 0 Å². The number of nitrogens with one attached hydrogen (secondary N) is 3. The third-order valence-corrected chi connectivity index (χ3v) is 5.84. The highest BCUT2D eigenvalue weighted by atomic mass is 16.2. The van der Waals surface area contributed by atoms with Crippen molar-refractivity contribution in [1.82, 2.24) is 10.2 Å². The number of rotatable bonds is 3. The van der Waals surface area contributed by atoms with Gasteiger partial charge in [-0.25, -0.2) is 14.7 Å². The van der Waals surface area contributed by atoms with E-state index in [-0.39, 0.29) is 11.9 Å². The van der Waals surface area contributed by atoms with Gasteiger partial charge < -0.3 is 10.2 Å². The summed E-state index contributed by atoms with van der Waals surface area (Å²) in [6.07, 6.45) is 6.74. The summed E-state index contributed by atoms with van der Waals surface area (Å²) in [5.74, 6) is 1.13. The molecule has 2 saturated heterocycles. The Bertz CT molecular complexity index is 636. The molecular formula is C18H27N5O2+2. The van der Waals surface area contributed by atoms with Crippen LogP contribution in [0, 0.1) is 0 Å². The molecule has 7 nitrogen and oxygen atoms in total. The van der Waals surface area contributed by atoms with Crippen LogP contribution in [0.25, 0.3) is 0 Å². The van der Waals surface area contributed by atoms with Crippen LogP contribution in [0.3, 0.4) is 0 Å². The summed E-state index contributed by atoms with van der Waals surface area (Å²) in [5, 5.41) is 3.00. The van der Waals surface area contributed by atoms with E-state index in [1.165, 1.54) is 9.80 Å². The molecule has 2 aliphatic heterocycles. The average Bonchev–Trinajstić information content (AvgIpc) is 2.88. The van der Waals surface area contributed by atoms with Gasteiger partial charge in [0.25, 0.3) is 11.7 Å². The molecule has 0 radical (unpaired) electrons. The standard InChI is InChI=1S/C18H25N5O2/c24-16-18(7-3-1-4-8-18)20-17(25)23(16)14-21-10-12-22(13-11-21)15-6-2-5-9-19-15/h2,5-6,9H,1,3-4,7-8,10-14H2,(H,20,25)/p+2. The van der Waals surface area contributed by atoms with Gasteiger partial charge in [-0.1, -0.05) is 25.3 Å². The molecule has 3 heterocycles. The zero-order chi connectivity index (χ0) is 17.3. The Labute approximate surface area is 148 Å². The lowest BCUT2D eigenvalue weighted by Gasteiger charge is -2.32. The first-order chi connectivity index (χ1) is 12.2. The maximum Gasteiger partial charge on any atom is 0.329 e. The Kier molecular flexibility index (Phi) is 4.33. The van der Waals surface area contributed by atoms with Gasteiger partial charge >= 0.3 is 6.03 Å². The number of quaternary nitrogens is 1. The predicted octanol–water partition coefficient (Wildman–Crippen LogP) is -0.582. The molecule has 3 aliphatic rings. The summed E-state index contributed by atoms with van der Waals surface area (Å²) in [7, 11) is 0. The maximum absolute atomic E-state index is 12.9. The van der Waals surface area contributed by atoms with Crippen LogP contribution in [0.15, 0.2) is 24.4 Å². The second-order valence-corrected chi connectivity index (χ2v) is 7.45. The van der Waals surface area contributed by atoms with E-state index in [1.807, 2.05) is 18.3 Å². The molecule has 3 fully saturated rings. The van der Waals surface area contributed by atoms with Gasteiger partial charge in [0, 0.05) is 6.07 Å². The minimum atomic E-state index is -0.602. The fraction of sp³-hybridized carbons (Fsp3) is 0.611. The number of hydrogen-bond acceptors (Lipinski definition) is 3. The van der Waals surface area contributed by atoms with Crippen LogP contribution in [0.4, 0.5) is 10.6 Å². The normalized spacial score (nSPS) is 24.0. The summed E-state index contributed by atoms with van der Waals surface area (Å²) in [5.41, 5.74) is -0.602. The number of hydrogen-bond donors (Lipinski definition) is 2. The van der Waals surface area contributed by atoms with E-state index in [2.05, 4.69) is 21.3 Å². The number of nitrogens with zero attached hydrogens (tertiary/aromatic N) is 2. The molecule has 3 amide bonds. The first-order valence-electron chi connectivity index (χ1n) is 9.37. The molecule has 1 aliphatic carbocycles. The van der Waals surface area contributed by atoms with Crippen LogP contribution in [0.1, 0.15) is 32.1 Å². The molecule has 134 valence electrons. The maximum atomic E-state index is 12.9. The van der Waals surface area contributed by atoms with Gasteiger partial charge in [0.1, 0.15) is 31.7 Å². The molecule has 0 atom stereocenters. The topological polar surface area (TPSA) is 71.2 Å². The fourth-order valence-electron chi connectivity index (χ4n) is 4.34. The van der Waals surface area contributed by atoms with Crippen molar-refractivity contribution < 1.29 is 19.5 Å². The average molecular weight is 345 g/mol. The lowest BCUT2D eigenvalue weighted by Crippen LogP contribution is -3.16. The third kappa shape index (κ3) is 3.08. The summed E-state index contributed by atoms with van der Waals surface area (Å²) >= 11 is 0. The molecule has 3 N–H and O–H groups in total. The third-order valence-electron chi connectivity index (χ3n) is 5.84. The molecule has 25 heavy (non-hydrogen) atoms. The number of H-pyrrole nitrogens is 1. The van der Waals surface area contributed by atoms with E-state index in [4.69, 9.17) is 0 Å². The first-order valence-corrected chi connectivity index (χ1v) is 9.37. The number of aromatic nitrogens is 1. The number of piperazine rings is 1. The number of urea groups is 1. The van der Waals surface area contributed by atoms with Crippen LogP contribution >= 0.6 is 0 Å². The Morgan fingerprint density at radius 1 is 1.12 bits per heavy atom. The number of pyridine rings is 1. The molecule has 0 bridgehead atoms. The zero-order valence-corrected chi connectivity index (χ0v) is 14.6. The molecule has 0 aromatic carbocycles. The number of imide groups is 1. The fourth-order valence-corrected chi connectivity index (χ4v) is 4.34. The highest BCUT2D eigenvalue weighted by Crippen LogP contribution is 2.33. The van der Waals surface area contributed by atoms with Gasteiger partial charge in [0.15, 0.2) is 6.67 Å². The van der Waals surface area contributed by atoms with Gasteiger partial charge in [0.2, 0.25) is 0 Å². The van der Waals surface area contributed by atoms with Crippen molar-refractivity contribution in [3.05, 3.63) is 24.4 Å². The van der Waals surface area contributed by atoms with Crippen molar-refractivity contribution in [1.29, 1.82) is 0 Å². The first kappa shape index (κ1) is 16.3. The lowest BCUT2D eigenvalue weighted by molar-refractivity contribution is -0.908. The van der Waals surface area contributed by atoms with Crippen molar-refractivity contribution in [2.75, 3.05) is 37.7 Å². The van der Waals surface area contributed by atoms with Crippen molar-refractivity contribution in [3.63, 3.8) is 0 Å². The largest absolute Gasteiger partial charge is 0.329 e. The second-order valence-electron chi connectivity index (χ2n) is 7.45. The molecule has 1 aromatic rings. The van der Waals surface area contributed by atoms with E-state index in [0.717, 1.165) is 64.1 Å². The van der Waals surface area contributed by atoms with Gasteiger partial charge in [-0.05, 0) is 18.9 Å². The molecule has 1 spiro atoms. The van der Waals surface area contributed by atoms with Crippen LogP contribution < -0.4 is 20.1 Å². The predicted molar refractivity (Wildman–Crippen MR) is 92.0 cm³/mol. The van der Waals surface area contributed by atoms with E-state index in [1.54, 1.807) is 0 Å². The SMILES string of the molecule is O=C1NC2(CCCCC2)C(=O)N1C[NH+]1CCN(c2cccc[nH+]2)CC1. The van der Waals surface area contributed by atoms with Gasteiger partial charge in [0.05, 0.1) is 6.20 Å². The smallest absolute Gasteiger partial charge is 0.323 e.